The summed E-state index contributed by atoms with van der Waals surface area (Å²) in [4.78, 5) is 11.8. The van der Waals surface area contributed by atoms with Crippen molar-refractivity contribution in [1.29, 1.82) is 0 Å². The Bertz CT molecular complexity index is 610. The normalized spacial score (nSPS) is 10.5. The molecule has 1 heterocycles. The van der Waals surface area contributed by atoms with Crippen molar-refractivity contribution in [2.75, 3.05) is 11.9 Å². The largest absolute Gasteiger partial charge is 0.468 e. The molecule has 0 bridgehead atoms. The van der Waals surface area contributed by atoms with Crippen LogP contribution in [-0.2, 0) is 5.75 Å². The Labute approximate surface area is 121 Å². The summed E-state index contributed by atoms with van der Waals surface area (Å²) >= 11 is 1.61. The molecule has 0 aliphatic carbocycles. The predicted molar refractivity (Wildman–Crippen MR) is 80.3 cm³/mol. The molecule has 106 valence electrons. The molecular weight excluding hydrogens is 276 g/mol. The molecule has 0 aliphatic rings. The lowest BCUT2D eigenvalue weighted by atomic mass is 10.2. The highest BCUT2D eigenvalue weighted by Crippen LogP contribution is 2.30. The Balaban J connectivity index is 2.14. The van der Waals surface area contributed by atoms with E-state index in [1.807, 2.05) is 26.0 Å². The van der Waals surface area contributed by atoms with Crippen molar-refractivity contribution in [1.82, 2.24) is 0 Å². The Kier molecular flexibility index (Phi) is 4.68. The minimum atomic E-state index is -0.352. The number of thioether (sulfide) groups is 1. The highest BCUT2D eigenvalue weighted by atomic mass is 32.2. The van der Waals surface area contributed by atoms with Crippen LogP contribution < -0.4 is 5.32 Å². The van der Waals surface area contributed by atoms with Gasteiger partial charge in [-0.05, 0) is 31.5 Å². The molecule has 1 N–H and O–H groups in total. The second-order valence-corrected chi connectivity index (χ2v) is 5.29. The fourth-order valence-electron chi connectivity index (χ4n) is 1.84. The first kappa shape index (κ1) is 14.5. The van der Waals surface area contributed by atoms with Crippen molar-refractivity contribution in [3.05, 3.63) is 52.0 Å². The van der Waals surface area contributed by atoms with Gasteiger partial charge in [0.2, 0.25) is 0 Å². The molecule has 0 saturated heterocycles. The molecule has 0 spiro atoms. The number of nitro groups is 1. The van der Waals surface area contributed by atoms with Crippen molar-refractivity contribution in [3.8, 4) is 0 Å². The molecule has 5 nitrogen and oxygen atoms in total. The fourth-order valence-corrected chi connectivity index (χ4v) is 2.75. The smallest absolute Gasteiger partial charge is 0.292 e. The molecular formula is C14H16N2O3S. The van der Waals surface area contributed by atoms with E-state index in [0.717, 1.165) is 16.2 Å². The average Bonchev–Trinajstić information content (AvgIpc) is 2.83. The lowest BCUT2D eigenvalue weighted by Crippen LogP contribution is -2.01. The van der Waals surface area contributed by atoms with Gasteiger partial charge < -0.3 is 9.73 Å². The molecule has 1 aromatic heterocycles. The molecule has 0 aliphatic heterocycles. The zero-order chi connectivity index (χ0) is 14.5. The lowest BCUT2D eigenvalue weighted by molar-refractivity contribution is -0.384. The van der Waals surface area contributed by atoms with E-state index in [9.17, 15) is 10.1 Å². The van der Waals surface area contributed by atoms with E-state index in [0.29, 0.717) is 18.0 Å². The zero-order valence-corrected chi connectivity index (χ0v) is 12.2. The van der Waals surface area contributed by atoms with E-state index >= 15 is 0 Å². The monoisotopic (exact) mass is 292 g/mol. The van der Waals surface area contributed by atoms with Crippen LogP contribution in [0, 0.1) is 17.0 Å². The molecule has 0 saturated carbocycles. The summed E-state index contributed by atoms with van der Waals surface area (Å²) in [5, 5.41) is 14.1. The number of rotatable bonds is 6. The van der Waals surface area contributed by atoms with Crippen LogP contribution in [0.5, 0.6) is 0 Å². The fraction of sp³-hybridized carbons (Fsp3) is 0.286. The van der Waals surface area contributed by atoms with E-state index in [-0.39, 0.29) is 10.6 Å². The number of aryl methyl sites for hydroxylation is 1. The summed E-state index contributed by atoms with van der Waals surface area (Å²) in [7, 11) is 0. The maximum atomic E-state index is 11.1. The van der Waals surface area contributed by atoms with Crippen LogP contribution in [0.25, 0.3) is 0 Å². The van der Waals surface area contributed by atoms with Crippen LogP contribution >= 0.6 is 11.8 Å². The van der Waals surface area contributed by atoms with Crippen LogP contribution in [-0.4, -0.2) is 11.5 Å². The van der Waals surface area contributed by atoms with E-state index in [4.69, 9.17) is 4.42 Å². The van der Waals surface area contributed by atoms with Crippen LogP contribution in [0.3, 0.4) is 0 Å². The van der Waals surface area contributed by atoms with E-state index in [1.165, 1.54) is 0 Å². The van der Waals surface area contributed by atoms with Gasteiger partial charge in [-0.1, -0.05) is 6.07 Å². The van der Waals surface area contributed by atoms with Gasteiger partial charge in [-0.25, -0.2) is 0 Å². The summed E-state index contributed by atoms with van der Waals surface area (Å²) in [6.45, 7) is 4.47. The van der Waals surface area contributed by atoms with Gasteiger partial charge in [-0.15, -0.1) is 11.8 Å². The number of benzene rings is 1. The van der Waals surface area contributed by atoms with Crippen molar-refractivity contribution in [2.24, 2.45) is 0 Å². The first-order valence-corrected chi connectivity index (χ1v) is 7.28. The number of hydrogen-bond donors (Lipinski definition) is 1. The van der Waals surface area contributed by atoms with Crippen LogP contribution in [0.15, 0.2) is 39.8 Å². The van der Waals surface area contributed by atoms with Gasteiger partial charge in [0, 0.05) is 23.3 Å². The summed E-state index contributed by atoms with van der Waals surface area (Å²) in [6.07, 6.45) is 1.65. The highest BCUT2D eigenvalue weighted by molar-refractivity contribution is 7.98. The van der Waals surface area contributed by atoms with E-state index in [2.05, 4.69) is 5.32 Å². The van der Waals surface area contributed by atoms with Gasteiger partial charge in [0.15, 0.2) is 0 Å². The predicted octanol–water partition coefficient (Wildman–Crippen LogP) is 4.22. The Morgan fingerprint density at radius 3 is 2.80 bits per heavy atom. The number of furan rings is 1. The Morgan fingerprint density at radius 2 is 2.20 bits per heavy atom. The van der Waals surface area contributed by atoms with E-state index < -0.39 is 0 Å². The van der Waals surface area contributed by atoms with Crippen molar-refractivity contribution < 1.29 is 9.34 Å². The standard InChI is InChI=1S/C14H16N2O3S/c1-3-15-12-5-4-11(8-13(12)16(17)18)9-20-14-6-7-19-10(14)2/h4-8,15H,3,9H2,1-2H3. The molecule has 0 radical (unpaired) electrons. The Morgan fingerprint density at radius 1 is 1.40 bits per heavy atom. The number of anilines is 1. The zero-order valence-electron chi connectivity index (χ0n) is 11.4. The van der Waals surface area contributed by atoms with Crippen molar-refractivity contribution >= 4 is 23.1 Å². The third-order valence-corrected chi connectivity index (χ3v) is 4.04. The minimum absolute atomic E-state index is 0.119. The number of hydrogen-bond acceptors (Lipinski definition) is 5. The topological polar surface area (TPSA) is 68.3 Å². The second-order valence-electron chi connectivity index (χ2n) is 4.27. The quantitative estimate of drug-likeness (QED) is 0.490. The molecule has 2 rings (SSSR count). The summed E-state index contributed by atoms with van der Waals surface area (Å²) < 4.78 is 5.23. The van der Waals surface area contributed by atoms with Crippen molar-refractivity contribution in [3.63, 3.8) is 0 Å². The third-order valence-electron chi connectivity index (χ3n) is 2.83. The second kappa shape index (κ2) is 6.47. The maximum absolute atomic E-state index is 11.1. The van der Waals surface area contributed by atoms with Gasteiger partial charge in [-0.2, -0.15) is 0 Å². The molecule has 0 fully saturated rings. The van der Waals surface area contributed by atoms with Crippen molar-refractivity contribution in [2.45, 2.75) is 24.5 Å². The molecule has 6 heteroatoms. The van der Waals surface area contributed by atoms with Gasteiger partial charge in [0.05, 0.1) is 11.2 Å². The molecule has 1 aromatic carbocycles. The first-order chi connectivity index (χ1) is 9.61. The first-order valence-electron chi connectivity index (χ1n) is 6.30. The maximum Gasteiger partial charge on any atom is 0.292 e. The molecule has 0 unspecified atom stereocenters. The summed E-state index contributed by atoms with van der Waals surface area (Å²) in [5.41, 5.74) is 1.60. The molecule has 0 atom stereocenters. The van der Waals surface area contributed by atoms with Gasteiger partial charge in [0.1, 0.15) is 11.4 Å². The van der Waals surface area contributed by atoms with Crippen LogP contribution in [0.1, 0.15) is 18.2 Å². The average molecular weight is 292 g/mol. The number of nitrogens with zero attached hydrogens (tertiary/aromatic N) is 1. The summed E-state index contributed by atoms with van der Waals surface area (Å²) in [5.74, 6) is 1.54. The van der Waals surface area contributed by atoms with Crippen LogP contribution in [0.2, 0.25) is 0 Å². The SMILES string of the molecule is CCNc1ccc(CSc2ccoc2C)cc1[N+](=O)[O-]. The van der Waals surface area contributed by atoms with Gasteiger partial charge in [0.25, 0.3) is 5.69 Å². The van der Waals surface area contributed by atoms with E-state index in [1.54, 1.807) is 30.2 Å². The minimum Gasteiger partial charge on any atom is -0.468 e. The number of nitrogens with one attached hydrogen (secondary N) is 1. The highest BCUT2D eigenvalue weighted by Gasteiger charge is 2.14. The Hall–Kier alpha value is -1.95. The number of nitro benzene ring substituents is 1. The third kappa shape index (κ3) is 3.33. The van der Waals surface area contributed by atoms with Crippen LogP contribution in [0.4, 0.5) is 11.4 Å². The molecule has 0 amide bonds. The van der Waals surface area contributed by atoms with Gasteiger partial charge >= 0.3 is 0 Å². The molecule has 2 aromatic rings. The van der Waals surface area contributed by atoms with Gasteiger partial charge in [-0.3, -0.25) is 10.1 Å². The summed E-state index contributed by atoms with van der Waals surface area (Å²) in [6, 6.07) is 7.20. The molecule has 20 heavy (non-hydrogen) atoms. The lowest BCUT2D eigenvalue weighted by Gasteiger charge is -2.06.